The van der Waals surface area contributed by atoms with Gasteiger partial charge in [0.2, 0.25) is 9.90 Å². The zero-order chi connectivity index (χ0) is 36.1. The second kappa shape index (κ2) is 30.3. The minimum atomic E-state index is 0.380. The van der Waals surface area contributed by atoms with Gasteiger partial charge in [0, 0.05) is 74.7 Å². The second-order valence-corrected chi connectivity index (χ2v) is 16.9. The molecule has 0 radical (unpaired) electrons. The van der Waals surface area contributed by atoms with Crippen LogP contribution in [0.25, 0.3) is 0 Å². The van der Waals surface area contributed by atoms with E-state index in [1.54, 1.807) is 0 Å². The summed E-state index contributed by atoms with van der Waals surface area (Å²) < 4.78 is 4.71. The van der Waals surface area contributed by atoms with Crippen molar-refractivity contribution in [1.29, 1.82) is 0 Å². The third-order valence-corrected chi connectivity index (χ3v) is 12.2. The molecule has 6 heteroatoms. The van der Waals surface area contributed by atoms with Crippen molar-refractivity contribution < 1.29 is 9.13 Å². The molecule has 2 unspecified atom stereocenters. The molecule has 2 aromatic heterocycles. The summed E-state index contributed by atoms with van der Waals surface area (Å²) in [7, 11) is 0. The molecule has 0 aliphatic rings. The number of aromatic nitrogens is 2. The van der Waals surface area contributed by atoms with E-state index in [0.29, 0.717) is 9.90 Å². The molecule has 0 aliphatic carbocycles. The van der Waals surface area contributed by atoms with Crippen LogP contribution in [0.2, 0.25) is 0 Å². The molecule has 2 atom stereocenters. The molecular weight excluding hydrogens is 744 g/mol. The van der Waals surface area contributed by atoms with Gasteiger partial charge in [0.15, 0.2) is 24.8 Å². The minimum Gasteiger partial charge on any atom is -0.371 e. The zero-order valence-corrected chi connectivity index (χ0v) is 36.3. The highest BCUT2D eigenvalue weighted by Gasteiger charge is 2.17. The van der Waals surface area contributed by atoms with Gasteiger partial charge in [-0.15, -0.1) is 0 Å². The van der Waals surface area contributed by atoms with Crippen LogP contribution in [0.5, 0.6) is 0 Å². The van der Waals surface area contributed by atoms with Crippen LogP contribution in [0, 0.1) is 0 Å². The molecule has 0 saturated heterocycles. The van der Waals surface area contributed by atoms with Crippen LogP contribution in [-0.4, -0.2) is 26.2 Å². The Balaban J connectivity index is 1.67. The molecule has 2 aromatic rings. The van der Waals surface area contributed by atoms with Crippen molar-refractivity contribution in [2.24, 2.45) is 0 Å². The van der Waals surface area contributed by atoms with E-state index in [2.05, 4.69) is 128 Å². The number of hydrogen-bond donors (Lipinski definition) is 0. The van der Waals surface area contributed by atoms with Crippen molar-refractivity contribution >= 4 is 43.2 Å². The van der Waals surface area contributed by atoms with Gasteiger partial charge >= 0.3 is 0 Å². The first kappa shape index (κ1) is 45.0. The summed E-state index contributed by atoms with van der Waals surface area (Å²) in [5.41, 5.74) is 2.78. The topological polar surface area (TPSA) is 14.2 Å². The average molecular weight is 823 g/mol. The lowest BCUT2D eigenvalue weighted by molar-refractivity contribution is -0.698. The largest absolute Gasteiger partial charge is 0.371 e. The second-order valence-electron chi connectivity index (χ2n) is 14.8. The van der Waals surface area contributed by atoms with Gasteiger partial charge in [-0.2, -0.15) is 9.13 Å². The zero-order valence-electron chi connectivity index (χ0n) is 33.1. The number of anilines is 2. The van der Waals surface area contributed by atoms with Gasteiger partial charge < -0.3 is 9.80 Å². The fourth-order valence-electron chi connectivity index (χ4n) is 6.94. The number of rotatable bonds is 33. The molecule has 0 fully saturated rings. The molecule has 286 valence electrons. The molecule has 0 spiro atoms. The quantitative estimate of drug-likeness (QED) is 0.0404. The standard InChI is InChI=1S/C44H78Br2N4/c1-5-9-13-23-33-47(34-24-14-10-6-2)41-29-37-49(38-30-41)43(45)27-21-19-17-18-20-22-28-44(46)50-39-31-42(32-40-50)48(35-25-15-11-7-3)36-26-16-12-8-4/h29-32,37-40,43-44H,5-28,33-36H2,1-4H3/q+2. The SMILES string of the molecule is CCCCCCN(CCCCCC)c1cc[n+](C(Br)CCCCCCCCC(Br)[n+]2ccc(N(CCCCCC)CCCCCC)cc2)cc1. The number of nitrogens with zero attached hydrogens (tertiary/aromatic N) is 4. The first-order valence-electron chi connectivity index (χ1n) is 21.3. The van der Waals surface area contributed by atoms with Gasteiger partial charge in [-0.3, -0.25) is 0 Å². The van der Waals surface area contributed by atoms with Gasteiger partial charge in [0.1, 0.15) is 0 Å². The van der Waals surface area contributed by atoms with Crippen LogP contribution in [0.3, 0.4) is 0 Å². The van der Waals surface area contributed by atoms with Crippen LogP contribution in [0.1, 0.15) is 192 Å². The van der Waals surface area contributed by atoms with E-state index in [1.807, 2.05) is 0 Å². The van der Waals surface area contributed by atoms with E-state index < -0.39 is 0 Å². The van der Waals surface area contributed by atoms with E-state index in [0.717, 1.165) is 0 Å². The average Bonchev–Trinajstić information content (AvgIpc) is 3.14. The fourth-order valence-corrected chi connectivity index (χ4v) is 8.14. The minimum absolute atomic E-state index is 0.380. The van der Waals surface area contributed by atoms with Gasteiger partial charge in [0.05, 0.1) is 0 Å². The Morgan fingerprint density at radius 3 is 0.940 bits per heavy atom. The van der Waals surface area contributed by atoms with Crippen molar-refractivity contribution in [2.75, 3.05) is 36.0 Å². The Hall–Kier alpha value is -1.14. The maximum absolute atomic E-state index is 3.98. The maximum Gasteiger partial charge on any atom is 0.211 e. The summed E-state index contributed by atoms with van der Waals surface area (Å²) >= 11 is 7.97. The molecule has 50 heavy (non-hydrogen) atoms. The Morgan fingerprint density at radius 2 is 0.660 bits per heavy atom. The monoisotopic (exact) mass is 820 g/mol. The number of halogens is 2. The van der Waals surface area contributed by atoms with Gasteiger partial charge in [0.25, 0.3) is 0 Å². The summed E-state index contributed by atoms with van der Waals surface area (Å²) in [6, 6.07) is 9.38. The molecule has 0 amide bonds. The maximum atomic E-state index is 3.98. The Labute approximate surface area is 327 Å². The third-order valence-electron chi connectivity index (χ3n) is 10.3. The molecule has 0 bridgehead atoms. The smallest absolute Gasteiger partial charge is 0.211 e. The summed E-state index contributed by atoms with van der Waals surface area (Å²) in [5.74, 6) is 0. The van der Waals surface area contributed by atoms with Crippen LogP contribution >= 0.6 is 31.9 Å². The Bertz CT molecular complexity index is 924. The molecule has 0 aromatic carbocycles. The highest BCUT2D eigenvalue weighted by molar-refractivity contribution is 9.09. The first-order valence-corrected chi connectivity index (χ1v) is 23.2. The van der Waals surface area contributed by atoms with E-state index >= 15 is 0 Å². The molecule has 0 saturated carbocycles. The van der Waals surface area contributed by atoms with Crippen LogP contribution in [0.15, 0.2) is 49.1 Å². The summed E-state index contributed by atoms with van der Waals surface area (Å²) in [6.45, 7) is 14.0. The van der Waals surface area contributed by atoms with E-state index in [1.165, 1.54) is 192 Å². The van der Waals surface area contributed by atoms with Crippen LogP contribution < -0.4 is 18.9 Å². The van der Waals surface area contributed by atoms with Gasteiger partial charge in [-0.1, -0.05) is 130 Å². The van der Waals surface area contributed by atoms with Crippen LogP contribution in [-0.2, 0) is 0 Å². The predicted molar refractivity (Wildman–Crippen MR) is 227 cm³/mol. The lowest BCUT2D eigenvalue weighted by Gasteiger charge is -2.24. The summed E-state index contributed by atoms with van der Waals surface area (Å²) in [6.07, 6.45) is 40.7. The van der Waals surface area contributed by atoms with E-state index in [4.69, 9.17) is 0 Å². The molecule has 2 rings (SSSR count). The van der Waals surface area contributed by atoms with Crippen molar-refractivity contribution in [1.82, 2.24) is 0 Å². The molecular formula is C44H78Br2N4+2. The summed E-state index contributed by atoms with van der Waals surface area (Å²) in [4.78, 5) is 6.02. The van der Waals surface area contributed by atoms with E-state index in [9.17, 15) is 0 Å². The summed E-state index contributed by atoms with van der Waals surface area (Å²) in [5, 5.41) is 0. The lowest BCUT2D eigenvalue weighted by atomic mass is 10.1. The van der Waals surface area contributed by atoms with Gasteiger partial charge in [-0.05, 0) is 70.4 Å². The highest BCUT2D eigenvalue weighted by atomic mass is 79.9. The Morgan fingerprint density at radius 1 is 0.400 bits per heavy atom. The van der Waals surface area contributed by atoms with Crippen LogP contribution in [0.4, 0.5) is 11.4 Å². The molecule has 0 N–H and O–H groups in total. The predicted octanol–water partition coefficient (Wildman–Crippen LogP) is 13.8. The highest BCUT2D eigenvalue weighted by Crippen LogP contribution is 2.22. The number of pyridine rings is 2. The first-order chi connectivity index (χ1) is 24.5. The third kappa shape index (κ3) is 20.2. The molecule has 4 nitrogen and oxygen atoms in total. The van der Waals surface area contributed by atoms with Crippen molar-refractivity contribution in [3.63, 3.8) is 0 Å². The van der Waals surface area contributed by atoms with Crippen molar-refractivity contribution in [2.45, 2.75) is 192 Å². The number of unbranched alkanes of at least 4 members (excludes halogenated alkanes) is 17. The number of alkyl halides is 2. The Kier molecular flexibility index (Phi) is 27.3. The van der Waals surface area contributed by atoms with E-state index in [-0.39, 0.29) is 0 Å². The van der Waals surface area contributed by atoms with Gasteiger partial charge in [-0.25, -0.2) is 0 Å². The fraction of sp³-hybridized carbons (Fsp3) is 0.773. The molecule has 0 aliphatic heterocycles. The molecule has 2 heterocycles. The van der Waals surface area contributed by atoms with Crippen molar-refractivity contribution in [3.05, 3.63) is 49.1 Å². The normalized spacial score (nSPS) is 12.7. The number of hydrogen-bond acceptors (Lipinski definition) is 2. The lowest BCUT2D eigenvalue weighted by Crippen LogP contribution is -2.36. The van der Waals surface area contributed by atoms with Crippen molar-refractivity contribution in [3.8, 4) is 0 Å².